The van der Waals surface area contributed by atoms with Gasteiger partial charge in [-0.1, -0.05) is 44.2 Å². The van der Waals surface area contributed by atoms with Gasteiger partial charge in [-0.3, -0.25) is 0 Å². The first kappa shape index (κ1) is 12.6. The van der Waals surface area contributed by atoms with E-state index in [1.807, 2.05) is 0 Å². The van der Waals surface area contributed by atoms with Crippen molar-refractivity contribution in [2.45, 2.75) is 39.0 Å². The molecule has 0 spiro atoms. The summed E-state index contributed by atoms with van der Waals surface area (Å²) in [7, 11) is 0. The van der Waals surface area contributed by atoms with Crippen molar-refractivity contribution in [1.82, 2.24) is 0 Å². The number of hydrogen-bond donors (Lipinski definition) is 1. The maximum atomic E-state index is 5.95. The summed E-state index contributed by atoms with van der Waals surface area (Å²) >= 11 is 0. The summed E-state index contributed by atoms with van der Waals surface area (Å²) in [4.78, 5) is 0. The van der Waals surface area contributed by atoms with Crippen LogP contribution in [0.4, 0.5) is 0 Å². The molecule has 0 aliphatic heterocycles. The number of hydrogen-bond acceptors (Lipinski definition) is 1. The maximum absolute atomic E-state index is 5.95. The van der Waals surface area contributed by atoms with Crippen LogP contribution in [-0.4, -0.2) is 6.54 Å². The third kappa shape index (κ3) is 2.90. The average molecular weight is 231 g/mol. The van der Waals surface area contributed by atoms with Crippen LogP contribution in [-0.2, 0) is 0 Å². The summed E-state index contributed by atoms with van der Waals surface area (Å²) in [5.74, 6) is 3.05. The smallest absolute Gasteiger partial charge is 0.00430 e. The zero-order chi connectivity index (χ0) is 12.3. The predicted octanol–water partition coefficient (Wildman–Crippen LogP) is 3.80. The summed E-state index contributed by atoms with van der Waals surface area (Å²) in [5, 5.41) is 0. The molecule has 0 radical (unpaired) electrons. The van der Waals surface area contributed by atoms with Crippen LogP contribution in [0.1, 0.15) is 44.6 Å². The van der Waals surface area contributed by atoms with E-state index in [0.29, 0.717) is 11.8 Å². The van der Waals surface area contributed by atoms with E-state index in [9.17, 15) is 0 Å². The molecule has 0 bridgehead atoms. The molecule has 1 aliphatic rings. The van der Waals surface area contributed by atoms with E-state index in [2.05, 4.69) is 44.2 Å². The van der Waals surface area contributed by atoms with Gasteiger partial charge in [0.2, 0.25) is 0 Å². The van der Waals surface area contributed by atoms with Crippen molar-refractivity contribution in [3.63, 3.8) is 0 Å². The van der Waals surface area contributed by atoms with E-state index in [1.165, 1.54) is 24.8 Å². The summed E-state index contributed by atoms with van der Waals surface area (Å²) < 4.78 is 0. The Morgan fingerprint density at radius 1 is 1.18 bits per heavy atom. The highest BCUT2D eigenvalue weighted by Gasteiger charge is 2.31. The fraction of sp³-hybridized carbons (Fsp3) is 0.625. The fourth-order valence-electron chi connectivity index (χ4n) is 3.26. The summed E-state index contributed by atoms with van der Waals surface area (Å²) in [6, 6.07) is 11.0. The average Bonchev–Trinajstić information content (AvgIpc) is 2.39. The molecule has 1 heteroatoms. The van der Waals surface area contributed by atoms with Crippen molar-refractivity contribution < 1.29 is 0 Å². The number of nitrogens with two attached hydrogens (primary N) is 1. The molecule has 0 amide bonds. The van der Waals surface area contributed by atoms with Gasteiger partial charge in [-0.2, -0.15) is 0 Å². The molecule has 1 nitrogen and oxygen atoms in total. The zero-order valence-corrected chi connectivity index (χ0v) is 11.1. The monoisotopic (exact) mass is 231 g/mol. The lowest BCUT2D eigenvalue weighted by molar-refractivity contribution is 0.197. The standard InChI is InChI=1S/C16H25N/c1-12(2)14-8-9-15(11-17)16(10-14)13-6-4-3-5-7-13/h3-7,12,14-16H,8-11,17H2,1-2H3. The summed E-state index contributed by atoms with van der Waals surface area (Å²) in [5.41, 5.74) is 7.45. The van der Waals surface area contributed by atoms with Gasteiger partial charge < -0.3 is 5.73 Å². The van der Waals surface area contributed by atoms with Gasteiger partial charge in [0.25, 0.3) is 0 Å². The molecular weight excluding hydrogens is 206 g/mol. The van der Waals surface area contributed by atoms with Gasteiger partial charge in [-0.05, 0) is 55.0 Å². The van der Waals surface area contributed by atoms with Crippen molar-refractivity contribution in [2.24, 2.45) is 23.5 Å². The first-order valence-corrected chi connectivity index (χ1v) is 6.97. The minimum Gasteiger partial charge on any atom is -0.330 e. The Morgan fingerprint density at radius 2 is 1.88 bits per heavy atom. The Hall–Kier alpha value is -0.820. The molecule has 17 heavy (non-hydrogen) atoms. The van der Waals surface area contributed by atoms with Gasteiger partial charge in [0.15, 0.2) is 0 Å². The number of benzene rings is 1. The molecule has 0 aromatic heterocycles. The maximum Gasteiger partial charge on any atom is -0.00430 e. The lowest BCUT2D eigenvalue weighted by Gasteiger charge is -2.37. The SMILES string of the molecule is CC(C)C1CCC(CN)C(c2ccccc2)C1. The molecule has 2 N–H and O–H groups in total. The second-order valence-electron chi connectivity index (χ2n) is 5.83. The van der Waals surface area contributed by atoms with Crippen molar-refractivity contribution >= 4 is 0 Å². The molecule has 3 unspecified atom stereocenters. The van der Waals surface area contributed by atoms with Crippen molar-refractivity contribution in [3.8, 4) is 0 Å². The van der Waals surface area contributed by atoms with Crippen molar-refractivity contribution in [1.29, 1.82) is 0 Å². The first-order valence-electron chi connectivity index (χ1n) is 6.97. The van der Waals surface area contributed by atoms with Crippen LogP contribution in [0, 0.1) is 17.8 Å². The largest absolute Gasteiger partial charge is 0.330 e. The minimum atomic E-state index is 0.683. The van der Waals surface area contributed by atoms with E-state index in [4.69, 9.17) is 5.73 Å². The Kier molecular flexibility index (Phi) is 4.22. The molecule has 0 saturated heterocycles. The Bertz CT molecular complexity index is 331. The Labute approximate surface area is 105 Å². The van der Waals surface area contributed by atoms with Crippen LogP contribution < -0.4 is 5.73 Å². The second kappa shape index (κ2) is 5.68. The van der Waals surface area contributed by atoms with Crippen molar-refractivity contribution in [3.05, 3.63) is 35.9 Å². The zero-order valence-electron chi connectivity index (χ0n) is 11.1. The van der Waals surface area contributed by atoms with Crippen molar-refractivity contribution in [2.75, 3.05) is 6.54 Å². The second-order valence-corrected chi connectivity index (χ2v) is 5.83. The third-order valence-corrected chi connectivity index (χ3v) is 4.51. The summed E-state index contributed by atoms with van der Waals surface area (Å²) in [6.07, 6.45) is 3.99. The van der Waals surface area contributed by atoms with Gasteiger partial charge in [0, 0.05) is 0 Å². The van der Waals surface area contributed by atoms with E-state index in [-0.39, 0.29) is 0 Å². The van der Waals surface area contributed by atoms with Crippen LogP contribution >= 0.6 is 0 Å². The highest BCUT2D eigenvalue weighted by molar-refractivity contribution is 5.21. The Morgan fingerprint density at radius 3 is 2.47 bits per heavy atom. The van der Waals surface area contributed by atoms with Gasteiger partial charge in [-0.25, -0.2) is 0 Å². The quantitative estimate of drug-likeness (QED) is 0.841. The highest BCUT2D eigenvalue weighted by atomic mass is 14.6. The molecule has 1 aromatic rings. The van der Waals surface area contributed by atoms with Gasteiger partial charge in [0.05, 0.1) is 0 Å². The van der Waals surface area contributed by atoms with E-state index in [0.717, 1.165) is 18.4 Å². The molecule has 1 aromatic carbocycles. The van der Waals surface area contributed by atoms with Crippen LogP contribution in [0.25, 0.3) is 0 Å². The van der Waals surface area contributed by atoms with Crippen LogP contribution in [0.2, 0.25) is 0 Å². The van der Waals surface area contributed by atoms with E-state index < -0.39 is 0 Å². The van der Waals surface area contributed by atoms with Gasteiger partial charge in [0.1, 0.15) is 0 Å². The molecule has 1 aliphatic carbocycles. The summed E-state index contributed by atoms with van der Waals surface area (Å²) in [6.45, 7) is 5.55. The van der Waals surface area contributed by atoms with Gasteiger partial charge in [-0.15, -0.1) is 0 Å². The van der Waals surface area contributed by atoms with E-state index >= 15 is 0 Å². The lowest BCUT2D eigenvalue weighted by atomic mass is 9.68. The predicted molar refractivity (Wildman–Crippen MR) is 73.9 cm³/mol. The topological polar surface area (TPSA) is 26.0 Å². The van der Waals surface area contributed by atoms with Crippen LogP contribution in [0.5, 0.6) is 0 Å². The molecule has 3 atom stereocenters. The molecule has 1 saturated carbocycles. The molecule has 0 heterocycles. The molecule has 1 fully saturated rings. The number of rotatable bonds is 3. The molecule has 2 rings (SSSR count). The van der Waals surface area contributed by atoms with Gasteiger partial charge >= 0.3 is 0 Å². The van der Waals surface area contributed by atoms with E-state index in [1.54, 1.807) is 0 Å². The minimum absolute atomic E-state index is 0.683. The molecular formula is C16H25N. The van der Waals surface area contributed by atoms with Crippen LogP contribution in [0.15, 0.2) is 30.3 Å². The lowest BCUT2D eigenvalue weighted by Crippen LogP contribution is -2.30. The highest BCUT2D eigenvalue weighted by Crippen LogP contribution is 2.42. The Balaban J connectivity index is 2.16. The fourth-order valence-corrected chi connectivity index (χ4v) is 3.26. The normalized spacial score (nSPS) is 29.5. The molecule has 94 valence electrons. The first-order chi connectivity index (χ1) is 8.22. The third-order valence-electron chi connectivity index (χ3n) is 4.51. The van der Waals surface area contributed by atoms with Crippen LogP contribution in [0.3, 0.4) is 0 Å².